The smallest absolute Gasteiger partial charge is 0.119 e. The Labute approximate surface area is 142 Å². The summed E-state index contributed by atoms with van der Waals surface area (Å²) in [6, 6.07) is 8.93. The average Bonchev–Trinajstić information content (AvgIpc) is 2.62. The predicted molar refractivity (Wildman–Crippen MR) is 97.2 cm³/mol. The maximum Gasteiger partial charge on any atom is 0.119 e. The van der Waals surface area contributed by atoms with E-state index in [1.165, 1.54) is 76.6 Å². The van der Waals surface area contributed by atoms with Crippen LogP contribution < -0.4 is 4.74 Å². The zero-order chi connectivity index (χ0) is 16.1. The van der Waals surface area contributed by atoms with Crippen LogP contribution in [-0.4, -0.2) is 31.6 Å². The summed E-state index contributed by atoms with van der Waals surface area (Å²) in [6.45, 7) is 6.18. The molecule has 128 valence electrons. The number of hydrogen-bond acceptors (Lipinski definition) is 2. The van der Waals surface area contributed by atoms with Gasteiger partial charge in [-0.1, -0.05) is 44.7 Å². The third-order valence-corrected chi connectivity index (χ3v) is 6.28. The number of nitrogens with zero attached hydrogens (tertiary/aromatic N) is 1. The molecule has 1 aliphatic heterocycles. The van der Waals surface area contributed by atoms with Gasteiger partial charge in [-0.2, -0.15) is 0 Å². The molecule has 2 atom stereocenters. The third kappa shape index (κ3) is 3.57. The molecule has 0 N–H and O–H groups in total. The van der Waals surface area contributed by atoms with Crippen molar-refractivity contribution in [2.45, 2.75) is 63.7 Å². The zero-order valence-electron chi connectivity index (χ0n) is 15.0. The SMILES string of the molecule is CCCCCN1CC[C@]2(c3cccc(OC)c3)CCCC[C@H]2C1. The highest BCUT2D eigenvalue weighted by Gasteiger charge is 2.45. The van der Waals surface area contributed by atoms with Crippen molar-refractivity contribution in [1.82, 2.24) is 4.90 Å². The van der Waals surface area contributed by atoms with Crippen LogP contribution in [-0.2, 0) is 5.41 Å². The number of ether oxygens (including phenoxy) is 1. The maximum absolute atomic E-state index is 5.50. The number of benzene rings is 1. The highest BCUT2D eigenvalue weighted by atomic mass is 16.5. The number of piperidine rings is 1. The molecule has 1 saturated carbocycles. The monoisotopic (exact) mass is 315 g/mol. The van der Waals surface area contributed by atoms with E-state index in [1.54, 1.807) is 7.11 Å². The van der Waals surface area contributed by atoms with Gasteiger partial charge < -0.3 is 9.64 Å². The van der Waals surface area contributed by atoms with Crippen molar-refractivity contribution in [2.24, 2.45) is 5.92 Å². The molecule has 0 radical (unpaired) electrons. The Kier molecular flexibility index (Phi) is 5.63. The Hall–Kier alpha value is -1.02. The Morgan fingerprint density at radius 2 is 2.13 bits per heavy atom. The molecule has 1 aromatic rings. The molecule has 0 amide bonds. The fraction of sp³-hybridized carbons (Fsp3) is 0.714. The van der Waals surface area contributed by atoms with E-state index in [1.807, 2.05) is 0 Å². The summed E-state index contributed by atoms with van der Waals surface area (Å²) in [5, 5.41) is 0. The molecule has 1 saturated heterocycles. The van der Waals surface area contributed by atoms with Gasteiger partial charge >= 0.3 is 0 Å². The molecule has 2 fully saturated rings. The van der Waals surface area contributed by atoms with E-state index in [4.69, 9.17) is 4.74 Å². The van der Waals surface area contributed by atoms with E-state index >= 15 is 0 Å². The van der Waals surface area contributed by atoms with E-state index in [-0.39, 0.29) is 0 Å². The second kappa shape index (κ2) is 7.70. The van der Waals surface area contributed by atoms with Gasteiger partial charge in [-0.25, -0.2) is 0 Å². The lowest BCUT2D eigenvalue weighted by Crippen LogP contribution is -2.51. The van der Waals surface area contributed by atoms with Crippen LogP contribution in [0.15, 0.2) is 24.3 Å². The zero-order valence-corrected chi connectivity index (χ0v) is 15.0. The minimum Gasteiger partial charge on any atom is -0.497 e. The Balaban J connectivity index is 1.76. The van der Waals surface area contributed by atoms with Crippen molar-refractivity contribution in [3.8, 4) is 5.75 Å². The van der Waals surface area contributed by atoms with Crippen LogP contribution >= 0.6 is 0 Å². The van der Waals surface area contributed by atoms with Crippen LogP contribution in [0.1, 0.15) is 63.9 Å². The standard InChI is InChI=1S/C21H33NO/c1-3-4-7-14-22-15-13-21(12-6-5-9-19(21)17-22)18-10-8-11-20(16-18)23-2/h8,10-11,16,19H,3-7,9,12-15,17H2,1-2H3/t19-,21-/m0/s1. The van der Waals surface area contributed by atoms with Crippen LogP contribution in [0.4, 0.5) is 0 Å². The highest BCUT2D eigenvalue weighted by Crippen LogP contribution is 2.49. The highest BCUT2D eigenvalue weighted by molar-refractivity contribution is 5.35. The maximum atomic E-state index is 5.50. The van der Waals surface area contributed by atoms with Crippen LogP contribution in [0, 0.1) is 5.92 Å². The average molecular weight is 316 g/mol. The molecule has 1 aliphatic carbocycles. The van der Waals surface area contributed by atoms with Gasteiger partial charge in [0.25, 0.3) is 0 Å². The Morgan fingerprint density at radius 3 is 2.96 bits per heavy atom. The number of methoxy groups -OCH3 is 1. The van der Waals surface area contributed by atoms with Crippen molar-refractivity contribution < 1.29 is 4.74 Å². The Morgan fingerprint density at radius 1 is 1.22 bits per heavy atom. The first kappa shape index (κ1) is 16.8. The van der Waals surface area contributed by atoms with Gasteiger partial charge in [-0.3, -0.25) is 0 Å². The van der Waals surface area contributed by atoms with Gasteiger partial charge in [0.15, 0.2) is 0 Å². The minimum absolute atomic E-state index is 0.411. The summed E-state index contributed by atoms with van der Waals surface area (Å²) in [5.74, 6) is 1.85. The number of rotatable bonds is 6. The Bertz CT molecular complexity index is 500. The number of fused-ring (bicyclic) bond motifs is 1. The van der Waals surface area contributed by atoms with Gasteiger partial charge in [0.1, 0.15) is 5.75 Å². The van der Waals surface area contributed by atoms with E-state index < -0.39 is 0 Å². The first-order chi connectivity index (χ1) is 11.3. The second-order valence-electron chi connectivity index (χ2n) is 7.59. The summed E-state index contributed by atoms with van der Waals surface area (Å²) in [6.07, 6.45) is 11.0. The number of unbranched alkanes of at least 4 members (excludes halogenated alkanes) is 2. The molecule has 2 nitrogen and oxygen atoms in total. The fourth-order valence-electron chi connectivity index (χ4n) is 4.91. The number of likely N-dealkylation sites (tertiary alicyclic amines) is 1. The van der Waals surface area contributed by atoms with E-state index in [0.717, 1.165) is 11.7 Å². The molecule has 1 heterocycles. The summed E-state index contributed by atoms with van der Waals surface area (Å²) >= 11 is 0. The lowest BCUT2D eigenvalue weighted by atomic mass is 9.59. The summed E-state index contributed by atoms with van der Waals surface area (Å²) in [4.78, 5) is 2.74. The van der Waals surface area contributed by atoms with Gasteiger partial charge in [0.05, 0.1) is 7.11 Å². The molecule has 0 spiro atoms. The van der Waals surface area contributed by atoms with Crippen LogP contribution in [0.2, 0.25) is 0 Å². The molecule has 3 rings (SSSR count). The van der Waals surface area contributed by atoms with Gasteiger partial charge in [-0.05, 0) is 62.4 Å². The lowest BCUT2D eigenvalue weighted by molar-refractivity contribution is 0.0553. The van der Waals surface area contributed by atoms with E-state index in [2.05, 4.69) is 36.1 Å². The fourth-order valence-corrected chi connectivity index (χ4v) is 4.91. The minimum atomic E-state index is 0.411. The second-order valence-corrected chi connectivity index (χ2v) is 7.59. The summed E-state index contributed by atoms with van der Waals surface area (Å²) in [5.41, 5.74) is 1.95. The van der Waals surface area contributed by atoms with Crippen LogP contribution in [0.25, 0.3) is 0 Å². The van der Waals surface area contributed by atoms with Crippen molar-refractivity contribution in [2.75, 3.05) is 26.7 Å². The molecular weight excluding hydrogens is 282 g/mol. The summed E-state index contributed by atoms with van der Waals surface area (Å²) in [7, 11) is 1.78. The molecule has 0 bridgehead atoms. The van der Waals surface area contributed by atoms with Crippen molar-refractivity contribution in [1.29, 1.82) is 0 Å². The summed E-state index contributed by atoms with van der Waals surface area (Å²) < 4.78 is 5.50. The van der Waals surface area contributed by atoms with Gasteiger partial charge in [0, 0.05) is 12.0 Å². The number of hydrogen-bond donors (Lipinski definition) is 0. The van der Waals surface area contributed by atoms with Gasteiger partial charge in [0.2, 0.25) is 0 Å². The molecular formula is C21H33NO. The molecule has 1 aromatic carbocycles. The third-order valence-electron chi connectivity index (χ3n) is 6.28. The van der Waals surface area contributed by atoms with Crippen molar-refractivity contribution in [3.63, 3.8) is 0 Å². The molecule has 0 aromatic heterocycles. The largest absolute Gasteiger partial charge is 0.497 e. The van der Waals surface area contributed by atoms with Crippen LogP contribution in [0.5, 0.6) is 5.75 Å². The van der Waals surface area contributed by atoms with Gasteiger partial charge in [-0.15, -0.1) is 0 Å². The molecule has 0 unspecified atom stereocenters. The van der Waals surface area contributed by atoms with Crippen LogP contribution in [0.3, 0.4) is 0 Å². The van der Waals surface area contributed by atoms with E-state index in [9.17, 15) is 0 Å². The quantitative estimate of drug-likeness (QED) is 0.683. The lowest BCUT2D eigenvalue weighted by Gasteiger charge is -2.51. The first-order valence-corrected chi connectivity index (χ1v) is 9.65. The van der Waals surface area contributed by atoms with E-state index in [0.29, 0.717) is 5.41 Å². The van der Waals surface area contributed by atoms with Crippen molar-refractivity contribution >= 4 is 0 Å². The topological polar surface area (TPSA) is 12.5 Å². The molecule has 23 heavy (non-hydrogen) atoms. The first-order valence-electron chi connectivity index (χ1n) is 9.65. The van der Waals surface area contributed by atoms with Crippen molar-refractivity contribution in [3.05, 3.63) is 29.8 Å². The predicted octanol–water partition coefficient (Wildman–Crippen LogP) is 5.02. The molecule has 2 aliphatic rings. The molecule has 2 heteroatoms. The normalized spacial score (nSPS) is 28.3.